The first kappa shape index (κ1) is 13.8. The number of hydrogen-bond donors (Lipinski definition) is 2. The van der Waals surface area contributed by atoms with Gasteiger partial charge in [0.25, 0.3) is 0 Å². The van der Waals surface area contributed by atoms with Crippen LogP contribution in [0.1, 0.15) is 35.3 Å². The maximum atomic E-state index is 11.0. The average molecular weight is 263 g/mol. The molecule has 0 saturated heterocycles. The van der Waals surface area contributed by atoms with Gasteiger partial charge >= 0.3 is 5.97 Å². The second-order valence-electron chi connectivity index (χ2n) is 5.51. The van der Waals surface area contributed by atoms with Gasteiger partial charge in [0.2, 0.25) is 0 Å². The summed E-state index contributed by atoms with van der Waals surface area (Å²) in [5, 5.41) is 12.3. The summed E-state index contributed by atoms with van der Waals surface area (Å²) >= 11 is 0. The number of anilines is 1. The molecular formula is C14H21N3O2. The Morgan fingerprint density at radius 3 is 2.63 bits per heavy atom. The molecule has 2 N–H and O–H groups in total. The van der Waals surface area contributed by atoms with Crippen LogP contribution in [0.5, 0.6) is 0 Å². The second-order valence-corrected chi connectivity index (χ2v) is 5.51. The van der Waals surface area contributed by atoms with Gasteiger partial charge in [-0.05, 0) is 52.4 Å². The van der Waals surface area contributed by atoms with Crippen molar-refractivity contribution in [3.63, 3.8) is 0 Å². The number of rotatable bonds is 5. The van der Waals surface area contributed by atoms with Crippen LogP contribution in [0.15, 0.2) is 12.1 Å². The number of carboxylic acid groups (broad SMARTS) is 1. The van der Waals surface area contributed by atoms with Crippen molar-refractivity contribution in [2.45, 2.75) is 31.7 Å². The Morgan fingerprint density at radius 1 is 1.47 bits per heavy atom. The molecule has 5 nitrogen and oxygen atoms in total. The highest BCUT2D eigenvalue weighted by atomic mass is 16.4. The molecule has 1 aromatic rings. The minimum atomic E-state index is -0.917. The fourth-order valence-electron chi connectivity index (χ4n) is 2.50. The third kappa shape index (κ3) is 2.87. The number of aryl methyl sites for hydroxylation is 1. The first-order valence-corrected chi connectivity index (χ1v) is 6.56. The van der Waals surface area contributed by atoms with Crippen molar-refractivity contribution >= 4 is 11.8 Å². The van der Waals surface area contributed by atoms with E-state index in [1.54, 1.807) is 12.1 Å². The fraction of sp³-hybridized carbons (Fsp3) is 0.571. The number of nitrogens with zero attached hydrogens (tertiary/aromatic N) is 2. The number of pyridine rings is 1. The number of hydrogen-bond acceptors (Lipinski definition) is 4. The summed E-state index contributed by atoms with van der Waals surface area (Å²) in [6, 6.07) is 3.18. The van der Waals surface area contributed by atoms with E-state index in [0.717, 1.165) is 12.2 Å². The third-order valence-electron chi connectivity index (χ3n) is 4.03. The molecule has 0 bridgehead atoms. The van der Waals surface area contributed by atoms with Gasteiger partial charge in [-0.3, -0.25) is 0 Å². The summed E-state index contributed by atoms with van der Waals surface area (Å²) < 4.78 is 0. The number of nitrogens with one attached hydrogen (secondary N) is 1. The Bertz CT molecular complexity index is 482. The van der Waals surface area contributed by atoms with Crippen molar-refractivity contribution in [3.05, 3.63) is 23.4 Å². The molecule has 5 heteroatoms. The Kier molecular flexibility index (Phi) is 3.75. The summed E-state index contributed by atoms with van der Waals surface area (Å²) in [5.74, 6) is -0.273. The summed E-state index contributed by atoms with van der Waals surface area (Å²) in [4.78, 5) is 17.6. The van der Waals surface area contributed by atoms with Gasteiger partial charge in [0.05, 0.1) is 5.56 Å². The minimum Gasteiger partial charge on any atom is -0.478 e. The Balaban J connectivity index is 2.09. The number of likely N-dealkylation sites (N-methyl/N-ethyl adjacent to an activating group) is 1. The van der Waals surface area contributed by atoms with Gasteiger partial charge in [-0.15, -0.1) is 0 Å². The lowest BCUT2D eigenvalue weighted by Crippen LogP contribution is -2.54. The molecule has 19 heavy (non-hydrogen) atoms. The van der Waals surface area contributed by atoms with Crippen LogP contribution in [0.4, 0.5) is 5.82 Å². The van der Waals surface area contributed by atoms with Gasteiger partial charge in [0, 0.05) is 17.8 Å². The monoisotopic (exact) mass is 263 g/mol. The van der Waals surface area contributed by atoms with Crippen LogP contribution < -0.4 is 5.32 Å². The largest absolute Gasteiger partial charge is 0.478 e. The van der Waals surface area contributed by atoms with Gasteiger partial charge in [0.15, 0.2) is 0 Å². The molecule has 1 saturated carbocycles. The first-order chi connectivity index (χ1) is 8.93. The van der Waals surface area contributed by atoms with Gasteiger partial charge in [0.1, 0.15) is 5.82 Å². The molecule has 0 radical (unpaired) electrons. The van der Waals surface area contributed by atoms with Crippen molar-refractivity contribution in [1.29, 1.82) is 0 Å². The quantitative estimate of drug-likeness (QED) is 0.850. The van der Waals surface area contributed by atoms with Gasteiger partial charge in [-0.25, -0.2) is 9.78 Å². The molecule has 1 aromatic heterocycles. The van der Waals surface area contributed by atoms with Gasteiger partial charge in [-0.1, -0.05) is 0 Å². The van der Waals surface area contributed by atoms with E-state index in [-0.39, 0.29) is 11.1 Å². The number of aromatic carboxylic acids is 1. The first-order valence-electron chi connectivity index (χ1n) is 6.56. The lowest BCUT2D eigenvalue weighted by molar-refractivity contribution is 0.0696. The summed E-state index contributed by atoms with van der Waals surface area (Å²) in [5.41, 5.74) is 1.19. The fourth-order valence-corrected chi connectivity index (χ4v) is 2.50. The predicted octanol–water partition coefficient (Wildman–Crippen LogP) is 1.98. The van der Waals surface area contributed by atoms with E-state index >= 15 is 0 Å². The van der Waals surface area contributed by atoms with Crippen molar-refractivity contribution in [2.75, 3.05) is 26.0 Å². The lowest BCUT2D eigenvalue weighted by Gasteiger charge is -2.47. The Hall–Kier alpha value is -1.62. The molecule has 1 fully saturated rings. The van der Waals surface area contributed by atoms with Crippen LogP contribution in [0.2, 0.25) is 0 Å². The molecule has 0 atom stereocenters. The Labute approximate surface area is 113 Å². The van der Waals surface area contributed by atoms with Crippen molar-refractivity contribution in [2.24, 2.45) is 0 Å². The highest BCUT2D eigenvalue weighted by molar-refractivity contribution is 5.88. The van der Waals surface area contributed by atoms with Crippen molar-refractivity contribution in [1.82, 2.24) is 9.88 Å². The maximum absolute atomic E-state index is 11.0. The predicted molar refractivity (Wildman–Crippen MR) is 74.7 cm³/mol. The van der Waals surface area contributed by atoms with E-state index in [1.165, 1.54) is 19.3 Å². The highest BCUT2D eigenvalue weighted by Gasteiger charge is 2.38. The topological polar surface area (TPSA) is 65.5 Å². The molecule has 1 aliphatic carbocycles. The molecule has 104 valence electrons. The molecule has 0 aromatic carbocycles. The van der Waals surface area contributed by atoms with E-state index in [1.807, 2.05) is 6.92 Å². The second kappa shape index (κ2) is 5.17. The normalized spacial score (nSPS) is 17.1. The maximum Gasteiger partial charge on any atom is 0.335 e. The standard InChI is InChI=1S/C14H21N3O2/c1-10-7-11(13(18)19)8-12(16-10)15-9-14(17(2)3)5-4-6-14/h7-8H,4-6,9H2,1-3H3,(H,15,16)(H,18,19). The molecule has 0 aliphatic heterocycles. The van der Waals surface area contributed by atoms with Crippen LogP contribution in [0.3, 0.4) is 0 Å². The van der Waals surface area contributed by atoms with E-state index in [0.29, 0.717) is 5.82 Å². The van der Waals surface area contributed by atoms with E-state index in [9.17, 15) is 4.79 Å². The summed E-state index contributed by atoms with van der Waals surface area (Å²) in [6.45, 7) is 2.61. The van der Waals surface area contributed by atoms with E-state index < -0.39 is 5.97 Å². The molecule has 0 spiro atoms. The van der Waals surface area contributed by atoms with Crippen molar-refractivity contribution in [3.8, 4) is 0 Å². The zero-order valence-corrected chi connectivity index (χ0v) is 11.7. The highest BCUT2D eigenvalue weighted by Crippen LogP contribution is 2.36. The molecule has 0 unspecified atom stereocenters. The van der Waals surface area contributed by atoms with Crippen LogP contribution >= 0.6 is 0 Å². The molecule has 1 aliphatic rings. The van der Waals surface area contributed by atoms with E-state index in [2.05, 4.69) is 29.3 Å². The zero-order valence-electron chi connectivity index (χ0n) is 11.7. The summed E-state index contributed by atoms with van der Waals surface area (Å²) in [7, 11) is 4.18. The van der Waals surface area contributed by atoms with Gasteiger partial charge in [-0.2, -0.15) is 0 Å². The van der Waals surface area contributed by atoms with Crippen molar-refractivity contribution < 1.29 is 9.90 Å². The molecule has 0 amide bonds. The zero-order chi connectivity index (χ0) is 14.0. The van der Waals surface area contributed by atoms with E-state index in [4.69, 9.17) is 5.11 Å². The van der Waals surface area contributed by atoms with Crippen LogP contribution in [0, 0.1) is 6.92 Å². The molecular weight excluding hydrogens is 242 g/mol. The summed E-state index contributed by atoms with van der Waals surface area (Å²) in [6.07, 6.45) is 3.59. The third-order valence-corrected chi connectivity index (χ3v) is 4.03. The number of carbonyl (C=O) groups is 1. The number of carboxylic acids is 1. The minimum absolute atomic E-state index is 0.189. The lowest BCUT2D eigenvalue weighted by atomic mass is 9.75. The SMILES string of the molecule is Cc1cc(C(=O)O)cc(NCC2(N(C)C)CCC2)n1. The molecule has 1 heterocycles. The number of aromatic nitrogens is 1. The van der Waals surface area contributed by atoms with Crippen LogP contribution in [-0.2, 0) is 0 Å². The van der Waals surface area contributed by atoms with Crippen LogP contribution in [0.25, 0.3) is 0 Å². The molecule has 2 rings (SSSR count). The average Bonchev–Trinajstić information content (AvgIpc) is 2.26. The Morgan fingerprint density at radius 2 is 2.16 bits per heavy atom. The smallest absolute Gasteiger partial charge is 0.335 e. The van der Waals surface area contributed by atoms with Crippen LogP contribution in [-0.4, -0.2) is 47.1 Å². The van der Waals surface area contributed by atoms with Gasteiger partial charge < -0.3 is 15.3 Å².